The Hall–Kier alpha value is -2.46. The van der Waals surface area contributed by atoms with Gasteiger partial charge in [0, 0.05) is 11.5 Å². The second kappa shape index (κ2) is 7.00. The fourth-order valence-electron chi connectivity index (χ4n) is 2.31. The third kappa shape index (κ3) is 3.80. The third-order valence-electron chi connectivity index (χ3n) is 3.85. The summed E-state index contributed by atoms with van der Waals surface area (Å²) in [5.74, 6) is -1.23. The molecule has 2 aromatic rings. The van der Waals surface area contributed by atoms with E-state index in [4.69, 9.17) is 10.8 Å². The van der Waals surface area contributed by atoms with Crippen molar-refractivity contribution in [2.45, 2.75) is 25.3 Å². The van der Waals surface area contributed by atoms with Crippen LogP contribution >= 0.6 is 0 Å². The standard InChI is InChI=1S/C18H19NO3/c1-12(17(19)18(21)22)16-8-6-14(7-9-16)10-13-2-4-15(11-20)5-3-13/h2-9,11-12,17H,10,19H2,1H3,(H,21,22)/t12?,17-/m1/s1. The predicted molar refractivity (Wildman–Crippen MR) is 85.1 cm³/mol. The van der Waals surface area contributed by atoms with Crippen molar-refractivity contribution >= 4 is 12.3 Å². The molecule has 0 heterocycles. The zero-order chi connectivity index (χ0) is 16.1. The summed E-state index contributed by atoms with van der Waals surface area (Å²) in [6.45, 7) is 1.81. The van der Waals surface area contributed by atoms with E-state index in [1.54, 1.807) is 12.1 Å². The molecule has 0 saturated carbocycles. The first-order valence-electron chi connectivity index (χ1n) is 7.12. The maximum atomic E-state index is 10.9. The van der Waals surface area contributed by atoms with Gasteiger partial charge in [-0.1, -0.05) is 55.5 Å². The summed E-state index contributed by atoms with van der Waals surface area (Å²) in [5.41, 5.74) is 9.47. The van der Waals surface area contributed by atoms with Gasteiger partial charge in [-0.3, -0.25) is 9.59 Å². The van der Waals surface area contributed by atoms with Crippen molar-refractivity contribution in [1.82, 2.24) is 0 Å². The number of hydrogen-bond donors (Lipinski definition) is 2. The van der Waals surface area contributed by atoms with E-state index in [-0.39, 0.29) is 5.92 Å². The van der Waals surface area contributed by atoms with Crippen molar-refractivity contribution in [1.29, 1.82) is 0 Å². The van der Waals surface area contributed by atoms with Crippen molar-refractivity contribution in [2.24, 2.45) is 5.73 Å². The molecule has 0 fully saturated rings. The van der Waals surface area contributed by atoms with Crippen LogP contribution in [0.4, 0.5) is 0 Å². The van der Waals surface area contributed by atoms with E-state index < -0.39 is 12.0 Å². The molecular weight excluding hydrogens is 278 g/mol. The van der Waals surface area contributed by atoms with Crippen LogP contribution in [0, 0.1) is 0 Å². The van der Waals surface area contributed by atoms with E-state index in [2.05, 4.69) is 0 Å². The van der Waals surface area contributed by atoms with E-state index in [1.807, 2.05) is 43.3 Å². The molecule has 2 aromatic carbocycles. The van der Waals surface area contributed by atoms with Gasteiger partial charge in [-0.05, 0) is 23.1 Å². The lowest BCUT2D eigenvalue weighted by molar-refractivity contribution is -0.139. The van der Waals surface area contributed by atoms with Gasteiger partial charge in [0.1, 0.15) is 12.3 Å². The van der Waals surface area contributed by atoms with Crippen LogP contribution in [0.5, 0.6) is 0 Å². The van der Waals surface area contributed by atoms with Crippen LogP contribution in [0.25, 0.3) is 0 Å². The highest BCUT2D eigenvalue weighted by Gasteiger charge is 2.21. The molecule has 2 rings (SSSR count). The Balaban J connectivity index is 2.08. The molecule has 4 nitrogen and oxygen atoms in total. The fraction of sp³-hybridized carbons (Fsp3) is 0.222. The van der Waals surface area contributed by atoms with Gasteiger partial charge in [-0.25, -0.2) is 0 Å². The van der Waals surface area contributed by atoms with Gasteiger partial charge in [-0.15, -0.1) is 0 Å². The molecule has 0 spiro atoms. The van der Waals surface area contributed by atoms with Crippen molar-refractivity contribution in [2.75, 3.05) is 0 Å². The number of aliphatic carboxylic acids is 1. The smallest absolute Gasteiger partial charge is 0.321 e. The summed E-state index contributed by atoms with van der Waals surface area (Å²) in [7, 11) is 0. The number of carbonyl (C=O) groups is 2. The highest BCUT2D eigenvalue weighted by molar-refractivity contribution is 5.75. The minimum Gasteiger partial charge on any atom is -0.480 e. The molecule has 3 N–H and O–H groups in total. The normalized spacial score (nSPS) is 13.4. The van der Waals surface area contributed by atoms with Crippen LogP contribution in [0.15, 0.2) is 48.5 Å². The Morgan fingerprint density at radius 3 is 2.05 bits per heavy atom. The zero-order valence-electron chi connectivity index (χ0n) is 12.4. The average molecular weight is 297 g/mol. The zero-order valence-corrected chi connectivity index (χ0v) is 12.4. The number of rotatable bonds is 6. The first-order valence-corrected chi connectivity index (χ1v) is 7.12. The van der Waals surface area contributed by atoms with Crippen LogP contribution in [0.1, 0.15) is 39.9 Å². The van der Waals surface area contributed by atoms with Crippen molar-refractivity contribution < 1.29 is 14.7 Å². The van der Waals surface area contributed by atoms with E-state index in [0.29, 0.717) is 5.56 Å². The van der Waals surface area contributed by atoms with Crippen LogP contribution in [0.3, 0.4) is 0 Å². The SMILES string of the molecule is CC(c1ccc(Cc2ccc(C=O)cc2)cc1)[C@@H](N)C(=O)O. The lowest BCUT2D eigenvalue weighted by atomic mass is 9.92. The van der Waals surface area contributed by atoms with Crippen LogP contribution in [-0.2, 0) is 11.2 Å². The number of carbonyl (C=O) groups excluding carboxylic acids is 1. The predicted octanol–water partition coefficient (Wildman–Crippen LogP) is 2.61. The third-order valence-corrected chi connectivity index (χ3v) is 3.85. The minimum atomic E-state index is -0.994. The van der Waals surface area contributed by atoms with E-state index in [9.17, 15) is 9.59 Å². The summed E-state index contributed by atoms with van der Waals surface area (Å²) >= 11 is 0. The number of benzene rings is 2. The van der Waals surface area contributed by atoms with Gasteiger partial charge in [-0.2, -0.15) is 0 Å². The number of nitrogens with two attached hydrogens (primary N) is 1. The molecule has 4 heteroatoms. The molecule has 114 valence electrons. The van der Waals surface area contributed by atoms with E-state index in [1.165, 1.54) is 0 Å². The summed E-state index contributed by atoms with van der Waals surface area (Å²) in [5, 5.41) is 8.96. The summed E-state index contributed by atoms with van der Waals surface area (Å²) in [4.78, 5) is 21.6. The van der Waals surface area contributed by atoms with Gasteiger partial charge < -0.3 is 10.8 Å². The minimum absolute atomic E-state index is 0.238. The maximum absolute atomic E-state index is 10.9. The molecule has 0 radical (unpaired) electrons. The average Bonchev–Trinajstić information content (AvgIpc) is 2.55. The quantitative estimate of drug-likeness (QED) is 0.803. The topological polar surface area (TPSA) is 80.4 Å². The Labute approximate surface area is 129 Å². The molecule has 0 aromatic heterocycles. The Bertz CT molecular complexity index is 647. The van der Waals surface area contributed by atoms with Crippen molar-refractivity contribution in [3.8, 4) is 0 Å². The number of carboxylic acids is 1. The van der Waals surface area contributed by atoms with E-state index in [0.717, 1.165) is 29.4 Å². The number of carboxylic acid groups (broad SMARTS) is 1. The maximum Gasteiger partial charge on any atom is 0.321 e. The molecule has 1 unspecified atom stereocenters. The van der Waals surface area contributed by atoms with Crippen LogP contribution in [-0.4, -0.2) is 23.4 Å². The van der Waals surface area contributed by atoms with Gasteiger partial charge in [0.25, 0.3) is 0 Å². The van der Waals surface area contributed by atoms with Gasteiger partial charge >= 0.3 is 5.97 Å². The van der Waals surface area contributed by atoms with Crippen molar-refractivity contribution in [3.63, 3.8) is 0 Å². The van der Waals surface area contributed by atoms with E-state index >= 15 is 0 Å². The van der Waals surface area contributed by atoms with Gasteiger partial charge in [0.2, 0.25) is 0 Å². The first-order chi connectivity index (χ1) is 10.5. The Morgan fingerprint density at radius 2 is 1.59 bits per heavy atom. The Kier molecular flexibility index (Phi) is 5.07. The second-order valence-corrected chi connectivity index (χ2v) is 5.43. The molecule has 0 amide bonds. The monoisotopic (exact) mass is 297 g/mol. The number of aldehydes is 1. The lowest BCUT2D eigenvalue weighted by Gasteiger charge is -2.16. The molecule has 0 saturated heterocycles. The molecule has 0 bridgehead atoms. The highest BCUT2D eigenvalue weighted by atomic mass is 16.4. The lowest BCUT2D eigenvalue weighted by Crippen LogP contribution is -2.35. The molecule has 0 aliphatic carbocycles. The molecule has 0 aliphatic rings. The van der Waals surface area contributed by atoms with Gasteiger partial charge in [0.15, 0.2) is 0 Å². The van der Waals surface area contributed by atoms with Crippen molar-refractivity contribution in [3.05, 3.63) is 70.8 Å². The summed E-state index contributed by atoms with van der Waals surface area (Å²) < 4.78 is 0. The molecular formula is C18H19NO3. The van der Waals surface area contributed by atoms with Gasteiger partial charge in [0.05, 0.1) is 0 Å². The largest absolute Gasteiger partial charge is 0.480 e. The second-order valence-electron chi connectivity index (χ2n) is 5.43. The summed E-state index contributed by atoms with van der Waals surface area (Å²) in [6, 6.07) is 14.4. The van der Waals surface area contributed by atoms with Crippen LogP contribution < -0.4 is 5.73 Å². The molecule has 0 aliphatic heterocycles. The van der Waals surface area contributed by atoms with Crippen LogP contribution in [0.2, 0.25) is 0 Å². The highest BCUT2D eigenvalue weighted by Crippen LogP contribution is 2.20. The number of hydrogen-bond acceptors (Lipinski definition) is 3. The molecule has 2 atom stereocenters. The molecule has 22 heavy (non-hydrogen) atoms. The fourth-order valence-corrected chi connectivity index (χ4v) is 2.31. The Morgan fingerprint density at radius 1 is 1.09 bits per heavy atom. The first kappa shape index (κ1) is 15.9. The summed E-state index contributed by atoms with van der Waals surface area (Å²) in [6.07, 6.45) is 1.59.